The molecular formula is C4H5BrN4. The van der Waals surface area contributed by atoms with Crippen molar-refractivity contribution in [1.29, 1.82) is 0 Å². The van der Waals surface area contributed by atoms with Gasteiger partial charge in [-0.25, -0.2) is 9.97 Å². The lowest BCUT2D eigenvalue weighted by molar-refractivity contribution is 1.13. The second-order valence-electron chi connectivity index (χ2n) is 1.49. The van der Waals surface area contributed by atoms with Crippen molar-refractivity contribution in [3.63, 3.8) is 0 Å². The molecule has 0 spiro atoms. The van der Waals surface area contributed by atoms with Crippen LogP contribution in [0, 0.1) is 0 Å². The number of aromatic nitrogens is 2. The molecule has 48 valence electrons. The smallest absolute Gasteiger partial charge is 0.200 e. The molecule has 0 aromatic carbocycles. The molecular weight excluding hydrogens is 184 g/mol. The van der Waals surface area contributed by atoms with Gasteiger partial charge in [-0.2, -0.15) is 0 Å². The Morgan fingerprint density at radius 1 is 1.22 bits per heavy atom. The third-order valence-corrected chi connectivity index (χ3v) is 1.09. The van der Waals surface area contributed by atoms with Gasteiger partial charge in [-0.3, -0.25) is 0 Å². The van der Waals surface area contributed by atoms with Crippen molar-refractivity contribution in [3.05, 3.63) is 10.8 Å². The summed E-state index contributed by atoms with van der Waals surface area (Å²) in [6.45, 7) is 0. The summed E-state index contributed by atoms with van der Waals surface area (Å²) in [6, 6.07) is 1.49. The van der Waals surface area contributed by atoms with Gasteiger partial charge in [0.2, 0.25) is 0 Å². The SMILES string of the molecule is Nc1cc(N)nc(Br)n1. The first-order valence-corrected chi connectivity index (χ1v) is 3.03. The maximum Gasteiger partial charge on any atom is 0.200 e. The lowest BCUT2D eigenvalue weighted by Crippen LogP contribution is -1.96. The molecule has 0 unspecified atom stereocenters. The molecule has 0 radical (unpaired) electrons. The van der Waals surface area contributed by atoms with Gasteiger partial charge in [-0.1, -0.05) is 0 Å². The summed E-state index contributed by atoms with van der Waals surface area (Å²) in [5.74, 6) is 0.740. The average Bonchev–Trinajstić information content (AvgIpc) is 1.59. The Bertz CT molecular complexity index is 173. The molecule has 0 aliphatic heterocycles. The first-order chi connectivity index (χ1) is 4.18. The van der Waals surface area contributed by atoms with E-state index in [1.54, 1.807) is 0 Å². The van der Waals surface area contributed by atoms with Crippen molar-refractivity contribution in [2.24, 2.45) is 0 Å². The minimum atomic E-state index is 0.370. The summed E-state index contributed by atoms with van der Waals surface area (Å²) < 4.78 is 0.417. The fourth-order valence-corrected chi connectivity index (χ4v) is 0.864. The molecule has 0 fully saturated rings. The fraction of sp³-hybridized carbons (Fsp3) is 0. The van der Waals surface area contributed by atoms with E-state index in [-0.39, 0.29) is 0 Å². The van der Waals surface area contributed by atoms with Crippen molar-refractivity contribution in [1.82, 2.24) is 9.97 Å². The number of nitrogen functional groups attached to an aromatic ring is 2. The topological polar surface area (TPSA) is 77.8 Å². The highest BCUT2D eigenvalue weighted by atomic mass is 79.9. The minimum absolute atomic E-state index is 0.370. The minimum Gasteiger partial charge on any atom is -0.383 e. The van der Waals surface area contributed by atoms with Crippen LogP contribution in [0.15, 0.2) is 10.8 Å². The predicted octanol–water partition coefficient (Wildman–Crippen LogP) is 0.404. The molecule has 4 nitrogen and oxygen atoms in total. The Hall–Kier alpha value is -0.840. The third kappa shape index (κ3) is 1.53. The number of anilines is 2. The lowest BCUT2D eigenvalue weighted by atomic mass is 10.5. The highest BCUT2D eigenvalue weighted by Gasteiger charge is 1.93. The van der Waals surface area contributed by atoms with E-state index in [9.17, 15) is 0 Å². The van der Waals surface area contributed by atoms with Crippen molar-refractivity contribution in [2.45, 2.75) is 0 Å². The van der Waals surface area contributed by atoms with Crippen LogP contribution in [0.1, 0.15) is 0 Å². The Balaban J connectivity index is 3.17. The Morgan fingerprint density at radius 2 is 1.67 bits per heavy atom. The molecule has 0 saturated heterocycles. The second kappa shape index (κ2) is 2.18. The number of nitrogens with zero attached hydrogens (tertiary/aromatic N) is 2. The van der Waals surface area contributed by atoms with E-state index in [0.29, 0.717) is 16.4 Å². The van der Waals surface area contributed by atoms with E-state index >= 15 is 0 Å². The molecule has 1 aromatic heterocycles. The summed E-state index contributed by atoms with van der Waals surface area (Å²) in [7, 11) is 0. The van der Waals surface area contributed by atoms with Crippen LogP contribution >= 0.6 is 15.9 Å². The molecule has 0 amide bonds. The summed E-state index contributed by atoms with van der Waals surface area (Å²) in [6.07, 6.45) is 0. The Labute approximate surface area is 60.4 Å². The maximum atomic E-state index is 5.30. The fourth-order valence-electron chi connectivity index (χ4n) is 0.454. The van der Waals surface area contributed by atoms with Crippen molar-refractivity contribution >= 4 is 27.6 Å². The molecule has 0 bridgehead atoms. The molecule has 4 N–H and O–H groups in total. The molecule has 1 rings (SSSR count). The van der Waals surface area contributed by atoms with Crippen LogP contribution in [-0.2, 0) is 0 Å². The molecule has 0 aliphatic carbocycles. The summed E-state index contributed by atoms with van der Waals surface area (Å²) in [5, 5.41) is 0. The zero-order valence-electron chi connectivity index (χ0n) is 4.50. The molecule has 0 saturated carbocycles. The monoisotopic (exact) mass is 188 g/mol. The van der Waals surface area contributed by atoms with Gasteiger partial charge in [0, 0.05) is 6.07 Å². The van der Waals surface area contributed by atoms with Crippen molar-refractivity contribution in [2.75, 3.05) is 11.5 Å². The Kier molecular flexibility index (Phi) is 1.52. The highest BCUT2D eigenvalue weighted by Crippen LogP contribution is 2.08. The largest absolute Gasteiger partial charge is 0.383 e. The molecule has 1 aromatic rings. The number of hydrogen-bond donors (Lipinski definition) is 2. The summed E-state index contributed by atoms with van der Waals surface area (Å²) in [4.78, 5) is 7.48. The number of nitrogens with two attached hydrogens (primary N) is 2. The number of hydrogen-bond acceptors (Lipinski definition) is 4. The number of rotatable bonds is 0. The molecule has 1 heterocycles. The summed E-state index contributed by atoms with van der Waals surface area (Å²) in [5.41, 5.74) is 10.6. The van der Waals surface area contributed by atoms with Crippen LogP contribution in [0.5, 0.6) is 0 Å². The van der Waals surface area contributed by atoms with Gasteiger partial charge in [0.15, 0.2) is 4.73 Å². The Morgan fingerprint density at radius 3 is 2.00 bits per heavy atom. The quantitative estimate of drug-likeness (QED) is 0.579. The van der Waals surface area contributed by atoms with Crippen LogP contribution in [0.3, 0.4) is 0 Å². The second-order valence-corrected chi connectivity index (χ2v) is 2.20. The third-order valence-electron chi connectivity index (χ3n) is 0.738. The highest BCUT2D eigenvalue weighted by molar-refractivity contribution is 9.10. The van der Waals surface area contributed by atoms with Gasteiger partial charge in [0.1, 0.15) is 11.6 Å². The average molecular weight is 189 g/mol. The van der Waals surface area contributed by atoms with E-state index < -0.39 is 0 Å². The van der Waals surface area contributed by atoms with Crippen molar-refractivity contribution in [3.8, 4) is 0 Å². The van der Waals surface area contributed by atoms with Gasteiger partial charge in [-0.05, 0) is 15.9 Å². The van der Waals surface area contributed by atoms with Crippen LogP contribution in [-0.4, -0.2) is 9.97 Å². The molecule has 0 atom stereocenters. The normalized spacial score (nSPS) is 9.44. The lowest BCUT2D eigenvalue weighted by Gasteiger charge is -1.93. The van der Waals surface area contributed by atoms with Crippen LogP contribution in [0.4, 0.5) is 11.6 Å². The first-order valence-electron chi connectivity index (χ1n) is 2.24. The standard InChI is InChI=1S/C4H5BrN4/c5-4-8-2(6)1-3(7)9-4/h1H,(H4,6,7,8,9). The van der Waals surface area contributed by atoms with Gasteiger partial charge >= 0.3 is 0 Å². The van der Waals surface area contributed by atoms with Crippen LogP contribution in [0.2, 0.25) is 0 Å². The maximum absolute atomic E-state index is 5.30. The van der Waals surface area contributed by atoms with E-state index in [1.165, 1.54) is 6.07 Å². The predicted molar refractivity (Wildman–Crippen MR) is 38.6 cm³/mol. The first kappa shape index (κ1) is 6.28. The van der Waals surface area contributed by atoms with Gasteiger partial charge < -0.3 is 11.5 Å². The molecule has 5 heteroatoms. The molecule has 9 heavy (non-hydrogen) atoms. The van der Waals surface area contributed by atoms with Gasteiger partial charge in [0.05, 0.1) is 0 Å². The zero-order valence-corrected chi connectivity index (χ0v) is 6.09. The van der Waals surface area contributed by atoms with E-state index in [4.69, 9.17) is 11.5 Å². The van der Waals surface area contributed by atoms with Crippen LogP contribution in [0.25, 0.3) is 0 Å². The van der Waals surface area contributed by atoms with Crippen molar-refractivity contribution < 1.29 is 0 Å². The van der Waals surface area contributed by atoms with E-state index in [2.05, 4.69) is 25.9 Å². The van der Waals surface area contributed by atoms with E-state index in [0.717, 1.165) is 0 Å². The van der Waals surface area contributed by atoms with Crippen LogP contribution < -0.4 is 11.5 Å². The van der Waals surface area contributed by atoms with Gasteiger partial charge in [0.25, 0.3) is 0 Å². The molecule has 0 aliphatic rings. The van der Waals surface area contributed by atoms with E-state index in [1.807, 2.05) is 0 Å². The number of halogens is 1. The summed E-state index contributed by atoms with van der Waals surface area (Å²) >= 11 is 3.03. The zero-order chi connectivity index (χ0) is 6.85. The van der Waals surface area contributed by atoms with Gasteiger partial charge in [-0.15, -0.1) is 0 Å².